The highest BCUT2D eigenvalue weighted by atomic mass is 32.1. The Bertz CT molecular complexity index is 814. The van der Waals surface area contributed by atoms with Crippen LogP contribution >= 0.6 is 22.7 Å². The van der Waals surface area contributed by atoms with Crippen molar-refractivity contribution in [2.45, 2.75) is 32.1 Å². The second-order valence-electron chi connectivity index (χ2n) is 7.71. The summed E-state index contributed by atoms with van der Waals surface area (Å²) in [6.45, 7) is 8.56. The second kappa shape index (κ2) is 9.80. The molecule has 0 aromatic carbocycles. The minimum Gasteiger partial charge on any atom is -0.481 e. The van der Waals surface area contributed by atoms with Gasteiger partial charge < -0.3 is 9.84 Å². The topological polar surface area (TPSA) is 83.0 Å². The van der Waals surface area contributed by atoms with E-state index < -0.39 is 11.4 Å². The highest BCUT2D eigenvalue weighted by Gasteiger charge is 2.29. The van der Waals surface area contributed by atoms with Gasteiger partial charge in [-0.15, -0.1) is 22.7 Å². The Balaban J connectivity index is 1.74. The summed E-state index contributed by atoms with van der Waals surface area (Å²) in [5.74, 6) is -0.916. The number of hydrogen-bond donors (Lipinski definition) is 1. The van der Waals surface area contributed by atoms with Crippen LogP contribution in [0.1, 0.15) is 42.1 Å². The molecule has 2 aromatic heterocycles. The van der Waals surface area contributed by atoms with Gasteiger partial charge in [-0.1, -0.05) is 19.9 Å². The van der Waals surface area contributed by atoms with Crippen molar-refractivity contribution in [2.24, 2.45) is 0 Å². The van der Waals surface area contributed by atoms with E-state index in [1.165, 1.54) is 22.7 Å². The summed E-state index contributed by atoms with van der Waals surface area (Å²) in [6, 6.07) is 3.69. The van der Waals surface area contributed by atoms with E-state index in [0.717, 1.165) is 39.3 Å². The number of aromatic nitrogens is 1. The van der Waals surface area contributed by atoms with Crippen molar-refractivity contribution in [3.63, 3.8) is 0 Å². The van der Waals surface area contributed by atoms with Crippen LogP contribution in [0, 0.1) is 0 Å². The normalized spacial score (nSPS) is 15.4. The quantitative estimate of drug-likeness (QED) is 0.648. The van der Waals surface area contributed by atoms with Crippen molar-refractivity contribution in [2.75, 3.05) is 44.3 Å². The second-order valence-corrected chi connectivity index (χ2v) is 9.50. The zero-order valence-electron chi connectivity index (χ0n) is 16.8. The van der Waals surface area contributed by atoms with E-state index in [1.807, 2.05) is 36.7 Å². The molecule has 9 heteroatoms. The van der Waals surface area contributed by atoms with E-state index in [4.69, 9.17) is 4.74 Å². The molecule has 0 atom stereocenters. The zero-order valence-corrected chi connectivity index (χ0v) is 18.4. The number of carbonyl (C=O) groups is 2. The fourth-order valence-corrected chi connectivity index (χ4v) is 4.98. The molecule has 1 N–H and O–H groups in total. The average molecular weight is 438 g/mol. The van der Waals surface area contributed by atoms with Gasteiger partial charge in [0, 0.05) is 37.0 Å². The molecule has 7 nitrogen and oxygen atoms in total. The lowest BCUT2D eigenvalue weighted by Gasteiger charge is -2.27. The number of thiazole rings is 1. The van der Waals surface area contributed by atoms with E-state index in [0.29, 0.717) is 22.2 Å². The van der Waals surface area contributed by atoms with Crippen LogP contribution in [0.4, 0.5) is 5.13 Å². The lowest BCUT2D eigenvalue weighted by molar-refractivity contribution is -0.138. The molecule has 0 bridgehead atoms. The first-order chi connectivity index (χ1) is 13.9. The third-order valence-electron chi connectivity index (χ3n) is 4.95. The largest absolute Gasteiger partial charge is 0.481 e. The van der Waals surface area contributed by atoms with Crippen molar-refractivity contribution < 1.29 is 19.4 Å². The van der Waals surface area contributed by atoms with Crippen LogP contribution in [0.25, 0.3) is 0 Å². The fourth-order valence-electron chi connectivity index (χ4n) is 3.26. The molecule has 1 fully saturated rings. The predicted molar refractivity (Wildman–Crippen MR) is 115 cm³/mol. The van der Waals surface area contributed by atoms with Gasteiger partial charge in [0.1, 0.15) is 0 Å². The van der Waals surface area contributed by atoms with Gasteiger partial charge in [-0.25, -0.2) is 4.98 Å². The Morgan fingerprint density at radius 1 is 1.31 bits per heavy atom. The number of anilines is 1. The van der Waals surface area contributed by atoms with Crippen LogP contribution in [0.15, 0.2) is 22.9 Å². The molecule has 1 aliphatic rings. The van der Waals surface area contributed by atoms with Crippen LogP contribution in [0.2, 0.25) is 0 Å². The maximum atomic E-state index is 13.1. The molecule has 0 spiro atoms. The van der Waals surface area contributed by atoms with E-state index in [2.05, 4.69) is 9.88 Å². The standard InChI is InChI=1S/C20H27N3O4S2/c1-20(2,13-17(24)25)16-14-29-19(21-16)23(18(26)15-5-3-12-28-15)7-4-6-22-8-10-27-11-9-22/h3,5,12,14H,4,6-11,13H2,1-2H3,(H,24,25). The first kappa shape index (κ1) is 21.9. The van der Waals surface area contributed by atoms with Gasteiger partial charge in [0.15, 0.2) is 5.13 Å². The van der Waals surface area contributed by atoms with E-state index in [9.17, 15) is 14.7 Å². The number of carboxylic acids is 1. The lowest BCUT2D eigenvalue weighted by Crippen LogP contribution is -2.39. The molecule has 1 saturated heterocycles. The van der Waals surface area contributed by atoms with Gasteiger partial charge in [-0.2, -0.15) is 0 Å². The summed E-state index contributed by atoms with van der Waals surface area (Å²) in [4.78, 5) is 33.7. The first-order valence-electron chi connectivity index (χ1n) is 9.70. The Morgan fingerprint density at radius 3 is 2.72 bits per heavy atom. The molecule has 1 amide bonds. The summed E-state index contributed by atoms with van der Waals surface area (Å²) in [6.07, 6.45) is 0.830. The van der Waals surface area contributed by atoms with Crippen LogP contribution in [0.3, 0.4) is 0 Å². The molecule has 158 valence electrons. The highest BCUT2D eigenvalue weighted by molar-refractivity contribution is 7.14. The van der Waals surface area contributed by atoms with E-state index >= 15 is 0 Å². The molecular formula is C20H27N3O4S2. The van der Waals surface area contributed by atoms with Crippen molar-refractivity contribution >= 4 is 39.7 Å². The van der Waals surface area contributed by atoms with Gasteiger partial charge >= 0.3 is 5.97 Å². The van der Waals surface area contributed by atoms with Crippen molar-refractivity contribution in [3.05, 3.63) is 33.5 Å². The molecule has 3 heterocycles. The third-order valence-corrected chi connectivity index (χ3v) is 6.67. The number of thiophene rings is 1. The van der Waals surface area contributed by atoms with Crippen molar-refractivity contribution in [1.29, 1.82) is 0 Å². The molecule has 0 radical (unpaired) electrons. The van der Waals surface area contributed by atoms with Crippen molar-refractivity contribution in [3.8, 4) is 0 Å². The summed E-state index contributed by atoms with van der Waals surface area (Å²) < 4.78 is 5.39. The van der Waals surface area contributed by atoms with Gasteiger partial charge in [-0.3, -0.25) is 19.4 Å². The van der Waals surface area contributed by atoms with E-state index in [1.54, 1.807) is 4.90 Å². The smallest absolute Gasteiger partial charge is 0.304 e. The van der Waals surface area contributed by atoms with Gasteiger partial charge in [0.25, 0.3) is 5.91 Å². The maximum absolute atomic E-state index is 13.1. The molecule has 0 aliphatic carbocycles. The van der Waals surface area contributed by atoms with E-state index in [-0.39, 0.29) is 12.3 Å². The van der Waals surface area contributed by atoms with Crippen LogP contribution < -0.4 is 4.90 Å². The number of aliphatic carboxylic acids is 1. The third kappa shape index (κ3) is 5.85. The molecule has 1 aliphatic heterocycles. The van der Waals surface area contributed by atoms with Crippen LogP contribution in [-0.4, -0.2) is 66.3 Å². The summed E-state index contributed by atoms with van der Waals surface area (Å²) in [7, 11) is 0. The lowest BCUT2D eigenvalue weighted by atomic mass is 9.86. The monoisotopic (exact) mass is 437 g/mol. The summed E-state index contributed by atoms with van der Waals surface area (Å²) in [5.41, 5.74) is 0.114. The zero-order chi connectivity index (χ0) is 20.9. The molecule has 3 rings (SSSR count). The first-order valence-corrected chi connectivity index (χ1v) is 11.5. The molecule has 2 aromatic rings. The number of carboxylic acid groups (broad SMARTS) is 1. The van der Waals surface area contributed by atoms with Crippen molar-refractivity contribution in [1.82, 2.24) is 9.88 Å². The van der Waals surface area contributed by atoms with Crippen LogP contribution in [0.5, 0.6) is 0 Å². The highest BCUT2D eigenvalue weighted by Crippen LogP contribution is 2.32. The number of ether oxygens (including phenoxy) is 1. The maximum Gasteiger partial charge on any atom is 0.304 e. The number of amides is 1. The number of carbonyl (C=O) groups excluding carboxylic acids is 1. The minimum atomic E-state index is -0.860. The molecular weight excluding hydrogens is 410 g/mol. The number of hydrogen-bond acceptors (Lipinski definition) is 7. The number of rotatable bonds is 9. The minimum absolute atomic E-state index is 0.00786. The molecule has 0 unspecified atom stereocenters. The number of nitrogens with zero attached hydrogens (tertiary/aromatic N) is 3. The number of morpholine rings is 1. The Morgan fingerprint density at radius 2 is 2.07 bits per heavy atom. The Kier molecular flexibility index (Phi) is 7.39. The SMILES string of the molecule is CC(C)(CC(=O)O)c1csc(N(CCCN2CCOCC2)C(=O)c2cccs2)n1. The Hall–Kier alpha value is -1.81. The van der Waals surface area contributed by atoms with Gasteiger partial charge in [0.05, 0.1) is 30.2 Å². The fraction of sp³-hybridized carbons (Fsp3) is 0.550. The summed E-state index contributed by atoms with van der Waals surface area (Å²) in [5, 5.41) is 13.6. The predicted octanol–water partition coefficient (Wildman–Crippen LogP) is 3.33. The van der Waals surface area contributed by atoms with Gasteiger partial charge in [-0.05, 0) is 17.9 Å². The Labute approximate surface area is 178 Å². The average Bonchev–Trinajstić information content (AvgIpc) is 3.37. The van der Waals surface area contributed by atoms with Crippen LogP contribution in [-0.2, 0) is 14.9 Å². The molecule has 29 heavy (non-hydrogen) atoms. The molecule has 0 saturated carbocycles. The van der Waals surface area contributed by atoms with Gasteiger partial charge in [0.2, 0.25) is 0 Å². The summed E-state index contributed by atoms with van der Waals surface area (Å²) >= 11 is 2.81.